The quantitative estimate of drug-likeness (QED) is 0.564. The van der Waals surface area contributed by atoms with E-state index in [2.05, 4.69) is 19.6 Å². The molecular weight excluding hydrogens is 296 g/mol. The summed E-state index contributed by atoms with van der Waals surface area (Å²) < 4.78 is 16.4. The summed E-state index contributed by atoms with van der Waals surface area (Å²) in [6.45, 7) is 9.83. The number of carbonyl (C=O) groups excluding carboxylic acids is 1. The van der Waals surface area contributed by atoms with Gasteiger partial charge in [0.25, 0.3) is 0 Å². The maximum Gasteiger partial charge on any atom is 0.185 e. The fourth-order valence-corrected chi connectivity index (χ4v) is 3.78. The lowest BCUT2D eigenvalue weighted by atomic mass is 10.0. The lowest BCUT2D eigenvalue weighted by Crippen LogP contribution is -2.43. The monoisotopic (exact) mass is 322 g/mol. The van der Waals surface area contributed by atoms with Crippen LogP contribution in [0.3, 0.4) is 0 Å². The first-order chi connectivity index (χ1) is 10.1. The van der Waals surface area contributed by atoms with Crippen molar-refractivity contribution in [1.29, 1.82) is 0 Å². The Balaban J connectivity index is 2.90. The van der Waals surface area contributed by atoms with Crippen molar-refractivity contribution < 1.29 is 18.7 Å². The summed E-state index contributed by atoms with van der Waals surface area (Å²) in [5, 5.41) is 0. The summed E-state index contributed by atoms with van der Waals surface area (Å²) in [7, 11) is 1.39. The van der Waals surface area contributed by atoms with E-state index >= 15 is 0 Å². The molecule has 0 N–H and O–H groups in total. The first-order valence-corrected chi connectivity index (χ1v) is 10.6. The SMILES string of the molecule is COc1ccc(/C=C/C(=O)C(C)(C)O[Si](C)(C)C)cc1OC. The Morgan fingerprint density at radius 2 is 1.68 bits per heavy atom. The molecule has 0 aliphatic heterocycles. The molecule has 0 aliphatic rings. The van der Waals surface area contributed by atoms with Crippen LogP contribution in [-0.4, -0.2) is 33.9 Å². The Morgan fingerprint density at radius 3 is 2.18 bits per heavy atom. The van der Waals surface area contributed by atoms with Gasteiger partial charge in [-0.3, -0.25) is 4.79 Å². The standard InChI is InChI=1S/C17H26O4Si/c1-17(2,21-22(5,6)7)16(18)11-9-13-8-10-14(19-3)15(12-13)20-4/h8-12H,1-7H3/b11-9+. The van der Waals surface area contributed by atoms with Crippen molar-refractivity contribution in [2.24, 2.45) is 0 Å². The van der Waals surface area contributed by atoms with Gasteiger partial charge in [-0.15, -0.1) is 0 Å². The second-order valence-electron chi connectivity index (χ2n) is 6.54. The predicted octanol–water partition coefficient (Wildman–Crippen LogP) is 3.92. The molecule has 0 saturated heterocycles. The van der Waals surface area contributed by atoms with Crippen LogP contribution in [-0.2, 0) is 9.22 Å². The van der Waals surface area contributed by atoms with Crippen LogP contribution in [0.2, 0.25) is 19.6 Å². The third kappa shape index (κ3) is 5.31. The Hall–Kier alpha value is -1.59. The largest absolute Gasteiger partial charge is 0.493 e. The Morgan fingerprint density at radius 1 is 1.09 bits per heavy atom. The summed E-state index contributed by atoms with van der Waals surface area (Å²) in [5.74, 6) is 1.24. The van der Waals surface area contributed by atoms with Gasteiger partial charge >= 0.3 is 0 Å². The van der Waals surface area contributed by atoms with Crippen LogP contribution in [0.4, 0.5) is 0 Å². The fourth-order valence-electron chi connectivity index (χ4n) is 2.14. The van der Waals surface area contributed by atoms with Gasteiger partial charge in [-0.2, -0.15) is 0 Å². The number of hydrogen-bond donors (Lipinski definition) is 0. The van der Waals surface area contributed by atoms with Crippen molar-refractivity contribution in [3.05, 3.63) is 29.8 Å². The van der Waals surface area contributed by atoms with E-state index in [1.807, 2.05) is 32.0 Å². The van der Waals surface area contributed by atoms with Crippen LogP contribution in [0, 0.1) is 0 Å². The zero-order valence-corrected chi connectivity index (χ0v) is 15.5. The van der Waals surface area contributed by atoms with Gasteiger partial charge in [0, 0.05) is 0 Å². The van der Waals surface area contributed by atoms with E-state index in [0.29, 0.717) is 11.5 Å². The van der Waals surface area contributed by atoms with Crippen LogP contribution in [0.5, 0.6) is 11.5 Å². The number of ketones is 1. The summed E-state index contributed by atoms with van der Waals surface area (Å²) in [5.41, 5.74) is 0.0622. The molecule has 0 spiro atoms. The molecule has 0 aliphatic carbocycles. The number of ether oxygens (including phenoxy) is 2. The van der Waals surface area contributed by atoms with Crippen LogP contribution in [0.25, 0.3) is 6.08 Å². The molecule has 0 amide bonds. The van der Waals surface area contributed by atoms with Gasteiger partial charge in [0.2, 0.25) is 0 Å². The summed E-state index contributed by atoms with van der Waals surface area (Å²) in [4.78, 5) is 12.3. The van der Waals surface area contributed by atoms with Crippen molar-refractivity contribution in [3.63, 3.8) is 0 Å². The minimum Gasteiger partial charge on any atom is -0.493 e. The molecule has 0 aromatic heterocycles. The zero-order valence-electron chi connectivity index (χ0n) is 14.5. The first kappa shape index (κ1) is 18.5. The molecular formula is C17H26O4Si. The molecule has 1 aromatic rings. The molecule has 1 aromatic carbocycles. The molecule has 0 heterocycles. The maximum atomic E-state index is 12.3. The van der Waals surface area contributed by atoms with Gasteiger partial charge in [0.15, 0.2) is 25.6 Å². The van der Waals surface area contributed by atoms with E-state index in [-0.39, 0.29) is 5.78 Å². The molecule has 5 heteroatoms. The molecule has 122 valence electrons. The number of benzene rings is 1. The molecule has 0 fully saturated rings. The molecule has 1 rings (SSSR count). The topological polar surface area (TPSA) is 44.8 Å². The molecule has 0 saturated carbocycles. The van der Waals surface area contributed by atoms with Gasteiger partial charge in [0.1, 0.15) is 5.60 Å². The minimum atomic E-state index is -1.78. The highest BCUT2D eigenvalue weighted by Gasteiger charge is 2.32. The van der Waals surface area contributed by atoms with E-state index in [4.69, 9.17) is 13.9 Å². The van der Waals surface area contributed by atoms with E-state index in [1.54, 1.807) is 26.4 Å². The highest BCUT2D eigenvalue weighted by Crippen LogP contribution is 2.28. The van der Waals surface area contributed by atoms with Gasteiger partial charge in [-0.25, -0.2) is 0 Å². The van der Waals surface area contributed by atoms with Crippen molar-refractivity contribution in [2.45, 2.75) is 39.1 Å². The Bertz CT molecular complexity index is 556. The fraction of sp³-hybridized carbons (Fsp3) is 0.471. The molecule has 0 bridgehead atoms. The predicted molar refractivity (Wildman–Crippen MR) is 92.1 cm³/mol. The second kappa shape index (κ2) is 7.11. The van der Waals surface area contributed by atoms with Gasteiger partial charge in [0.05, 0.1) is 14.2 Å². The number of rotatable bonds is 7. The van der Waals surface area contributed by atoms with Crippen LogP contribution in [0.1, 0.15) is 19.4 Å². The first-order valence-electron chi connectivity index (χ1n) is 7.24. The van der Waals surface area contributed by atoms with E-state index in [9.17, 15) is 4.79 Å². The van der Waals surface area contributed by atoms with Crippen molar-refractivity contribution in [2.75, 3.05) is 14.2 Å². The van der Waals surface area contributed by atoms with Crippen LogP contribution >= 0.6 is 0 Å². The van der Waals surface area contributed by atoms with Crippen LogP contribution < -0.4 is 9.47 Å². The average Bonchev–Trinajstić information content (AvgIpc) is 2.41. The van der Waals surface area contributed by atoms with Crippen molar-refractivity contribution in [1.82, 2.24) is 0 Å². The highest BCUT2D eigenvalue weighted by atomic mass is 28.4. The maximum absolute atomic E-state index is 12.3. The summed E-state index contributed by atoms with van der Waals surface area (Å²) in [6, 6.07) is 5.51. The van der Waals surface area contributed by atoms with Gasteiger partial charge in [-0.1, -0.05) is 12.1 Å². The van der Waals surface area contributed by atoms with Gasteiger partial charge < -0.3 is 13.9 Å². The average molecular weight is 322 g/mol. The molecule has 0 unspecified atom stereocenters. The molecule has 22 heavy (non-hydrogen) atoms. The molecule has 0 atom stereocenters. The number of hydrogen-bond acceptors (Lipinski definition) is 4. The molecule has 0 radical (unpaired) electrons. The Labute approximate surface area is 134 Å². The highest BCUT2D eigenvalue weighted by molar-refractivity contribution is 6.70. The third-order valence-electron chi connectivity index (χ3n) is 2.99. The lowest BCUT2D eigenvalue weighted by Gasteiger charge is -2.30. The van der Waals surface area contributed by atoms with Gasteiger partial charge in [-0.05, 0) is 57.3 Å². The van der Waals surface area contributed by atoms with Crippen molar-refractivity contribution >= 4 is 20.2 Å². The summed E-state index contributed by atoms with van der Waals surface area (Å²) >= 11 is 0. The molecule has 4 nitrogen and oxygen atoms in total. The van der Waals surface area contributed by atoms with E-state index in [1.165, 1.54) is 0 Å². The third-order valence-corrected chi connectivity index (χ3v) is 4.11. The minimum absolute atomic E-state index is 0.0512. The lowest BCUT2D eigenvalue weighted by molar-refractivity contribution is -0.127. The van der Waals surface area contributed by atoms with Crippen molar-refractivity contribution in [3.8, 4) is 11.5 Å². The van der Waals surface area contributed by atoms with E-state index < -0.39 is 13.9 Å². The second-order valence-corrected chi connectivity index (χ2v) is 11.0. The number of methoxy groups -OCH3 is 2. The zero-order chi connectivity index (χ0) is 17.0. The normalized spacial score (nSPS) is 12.5. The van der Waals surface area contributed by atoms with Crippen LogP contribution in [0.15, 0.2) is 24.3 Å². The Kier molecular flexibility index (Phi) is 5.97. The number of carbonyl (C=O) groups is 1. The smallest absolute Gasteiger partial charge is 0.185 e. The summed E-state index contributed by atoms with van der Waals surface area (Å²) in [6.07, 6.45) is 3.32. The van der Waals surface area contributed by atoms with E-state index in [0.717, 1.165) is 5.56 Å².